The number of allylic oxidation sites excluding steroid dienone is 2. The first-order chi connectivity index (χ1) is 14.6. The van der Waals surface area contributed by atoms with E-state index in [0.29, 0.717) is 40.0 Å². The van der Waals surface area contributed by atoms with Crippen molar-refractivity contribution in [2.75, 3.05) is 7.11 Å². The van der Waals surface area contributed by atoms with Crippen molar-refractivity contribution in [3.05, 3.63) is 11.6 Å². The van der Waals surface area contributed by atoms with Crippen LogP contribution < -0.4 is 0 Å². The number of ether oxygens (including phenoxy) is 1. The van der Waals surface area contributed by atoms with Crippen LogP contribution in [0.2, 0.25) is 0 Å². The summed E-state index contributed by atoms with van der Waals surface area (Å²) in [5.41, 5.74) is 2.57. The topological polar surface area (TPSA) is 26.3 Å². The second-order valence-corrected chi connectivity index (χ2v) is 13.2. The lowest BCUT2D eigenvalue weighted by Gasteiger charge is -2.61. The molecule has 5 fully saturated rings. The van der Waals surface area contributed by atoms with Gasteiger partial charge in [0.25, 0.3) is 0 Å². The summed E-state index contributed by atoms with van der Waals surface area (Å²) in [5, 5.41) is 0. The number of ketones is 1. The van der Waals surface area contributed by atoms with E-state index in [1.165, 1.54) is 56.9 Å². The molecule has 0 unspecified atom stereocenters. The Morgan fingerprint density at radius 3 is 2.42 bits per heavy atom. The Morgan fingerprint density at radius 2 is 1.77 bits per heavy atom. The van der Waals surface area contributed by atoms with Crippen molar-refractivity contribution in [2.45, 2.75) is 99.0 Å². The predicted octanol–water partition coefficient (Wildman–Crippen LogP) is 7.08. The highest BCUT2D eigenvalue weighted by atomic mass is 16.5. The Hall–Kier alpha value is -0.630. The zero-order valence-corrected chi connectivity index (χ0v) is 21.2. The Balaban J connectivity index is 1.40. The maximum atomic E-state index is 13.2. The van der Waals surface area contributed by atoms with Crippen LogP contribution >= 0.6 is 0 Å². The van der Waals surface area contributed by atoms with Crippen molar-refractivity contribution in [3.8, 4) is 0 Å². The predicted molar refractivity (Wildman–Crippen MR) is 127 cm³/mol. The molecule has 2 nitrogen and oxygen atoms in total. The van der Waals surface area contributed by atoms with Gasteiger partial charge in [-0.05, 0) is 111 Å². The number of hydrogen-bond acceptors (Lipinski definition) is 2. The van der Waals surface area contributed by atoms with Gasteiger partial charge >= 0.3 is 0 Å². The summed E-state index contributed by atoms with van der Waals surface area (Å²) in [6.45, 7) is 14.0. The maximum Gasteiger partial charge on any atom is 0.158 e. The molecule has 0 aliphatic heterocycles. The second kappa shape index (κ2) is 7.18. The van der Waals surface area contributed by atoms with E-state index < -0.39 is 0 Å². The summed E-state index contributed by atoms with van der Waals surface area (Å²) >= 11 is 0. The molecule has 2 heteroatoms. The molecule has 0 bridgehead atoms. The number of hydrogen-bond donors (Lipinski definition) is 0. The average Bonchev–Trinajstić information content (AvgIpc) is 3.24. The monoisotopic (exact) mass is 426 g/mol. The van der Waals surface area contributed by atoms with E-state index >= 15 is 0 Å². The molecule has 0 aromatic heterocycles. The van der Waals surface area contributed by atoms with Crippen molar-refractivity contribution in [3.63, 3.8) is 0 Å². The van der Waals surface area contributed by atoms with Gasteiger partial charge in [-0.15, -0.1) is 0 Å². The Morgan fingerprint density at radius 1 is 1.03 bits per heavy atom. The second-order valence-electron chi connectivity index (χ2n) is 13.2. The molecule has 0 aromatic carbocycles. The number of methoxy groups -OCH3 is 1. The zero-order chi connectivity index (χ0) is 22.3. The standard InChI is InChI=1S/C29H46O2/c1-17(2)18(3)14-25(30)19(4)22-8-9-23-21-15-26(31-7)29-16-20(29)10-13-28(29,6)24(21)11-12-27(22,23)5/h14,17,19-24,26H,8-13,15-16H2,1-7H3/b18-14+/t19-,20-,21-,22+,23-,24-,26+,27+,28+,29-/m0/s1. The number of fused-ring (bicyclic) bond motifs is 4. The van der Waals surface area contributed by atoms with Gasteiger partial charge in [-0.3, -0.25) is 4.79 Å². The molecule has 5 saturated carbocycles. The van der Waals surface area contributed by atoms with Gasteiger partial charge in [0.15, 0.2) is 5.78 Å². The molecular formula is C29H46O2. The van der Waals surface area contributed by atoms with Gasteiger partial charge in [0.1, 0.15) is 0 Å². The SMILES string of the molecule is CO[C@@H]1C[C@H]2[C@@H]3CC[C@H]([C@H](C)C(=O)/C=C(\C)C(C)C)[C@@]3(C)CC[C@@H]2[C@@]2(C)CC[C@H]3C[C@]312. The van der Waals surface area contributed by atoms with Gasteiger partial charge in [0.2, 0.25) is 0 Å². The minimum absolute atomic E-state index is 0.156. The molecule has 0 heterocycles. The summed E-state index contributed by atoms with van der Waals surface area (Å²) < 4.78 is 6.26. The first-order valence-electron chi connectivity index (χ1n) is 13.3. The van der Waals surface area contributed by atoms with Crippen molar-refractivity contribution < 1.29 is 9.53 Å². The largest absolute Gasteiger partial charge is 0.381 e. The molecule has 0 N–H and O–H groups in total. The highest BCUT2D eigenvalue weighted by Crippen LogP contribution is 2.82. The zero-order valence-electron chi connectivity index (χ0n) is 21.2. The number of rotatable bonds is 5. The molecule has 174 valence electrons. The smallest absolute Gasteiger partial charge is 0.158 e. The van der Waals surface area contributed by atoms with Crippen LogP contribution in [-0.2, 0) is 9.53 Å². The molecule has 0 radical (unpaired) electrons. The average molecular weight is 427 g/mol. The fourth-order valence-corrected chi connectivity index (χ4v) is 10.2. The van der Waals surface area contributed by atoms with Gasteiger partial charge in [-0.25, -0.2) is 0 Å². The molecular weight excluding hydrogens is 380 g/mol. The summed E-state index contributed by atoms with van der Waals surface area (Å²) in [5.74, 6) is 4.95. The normalized spacial score (nSPS) is 51.7. The number of carbonyl (C=O) groups is 1. The van der Waals surface area contributed by atoms with Crippen molar-refractivity contribution in [1.29, 1.82) is 0 Å². The summed E-state index contributed by atoms with van der Waals surface area (Å²) in [6.07, 6.45) is 13.3. The van der Waals surface area contributed by atoms with Crippen LogP contribution in [0.1, 0.15) is 92.9 Å². The third-order valence-corrected chi connectivity index (χ3v) is 12.2. The van der Waals surface area contributed by atoms with E-state index in [4.69, 9.17) is 4.74 Å². The maximum absolute atomic E-state index is 13.2. The van der Waals surface area contributed by atoms with E-state index in [2.05, 4.69) is 41.5 Å². The van der Waals surface area contributed by atoms with Crippen molar-refractivity contribution in [2.24, 2.45) is 57.7 Å². The Kier molecular flexibility index (Phi) is 5.14. The van der Waals surface area contributed by atoms with Gasteiger partial charge < -0.3 is 4.74 Å². The minimum atomic E-state index is 0.156. The lowest BCUT2D eigenvalue weighted by Crippen LogP contribution is -2.57. The third-order valence-electron chi connectivity index (χ3n) is 12.2. The van der Waals surface area contributed by atoms with Crippen LogP contribution in [0.3, 0.4) is 0 Å². The first-order valence-corrected chi connectivity index (χ1v) is 13.3. The van der Waals surface area contributed by atoms with E-state index in [1.54, 1.807) is 0 Å². The van der Waals surface area contributed by atoms with E-state index in [-0.39, 0.29) is 5.92 Å². The quantitative estimate of drug-likeness (QED) is 0.439. The van der Waals surface area contributed by atoms with Crippen molar-refractivity contribution in [1.82, 2.24) is 0 Å². The van der Waals surface area contributed by atoms with E-state index in [1.807, 2.05) is 13.2 Å². The van der Waals surface area contributed by atoms with Crippen LogP contribution in [0, 0.1) is 57.7 Å². The molecule has 10 atom stereocenters. The Labute approximate surface area is 191 Å². The van der Waals surface area contributed by atoms with Crippen LogP contribution in [0.5, 0.6) is 0 Å². The van der Waals surface area contributed by atoms with Gasteiger partial charge in [0, 0.05) is 18.4 Å². The van der Waals surface area contributed by atoms with Crippen molar-refractivity contribution >= 4 is 5.78 Å². The van der Waals surface area contributed by atoms with Gasteiger partial charge in [-0.2, -0.15) is 0 Å². The third kappa shape index (κ3) is 2.82. The molecule has 5 rings (SSSR count). The molecule has 0 aromatic rings. The first kappa shape index (κ1) is 22.2. The molecule has 0 amide bonds. The van der Waals surface area contributed by atoms with Gasteiger partial charge in [0.05, 0.1) is 6.10 Å². The molecule has 0 saturated heterocycles. The summed E-state index contributed by atoms with van der Waals surface area (Å²) in [4.78, 5) is 13.2. The van der Waals surface area contributed by atoms with Crippen LogP contribution in [0.25, 0.3) is 0 Å². The van der Waals surface area contributed by atoms with E-state index in [9.17, 15) is 4.79 Å². The fourth-order valence-electron chi connectivity index (χ4n) is 10.2. The summed E-state index contributed by atoms with van der Waals surface area (Å²) in [7, 11) is 1.98. The molecule has 5 aliphatic rings. The molecule has 31 heavy (non-hydrogen) atoms. The lowest BCUT2D eigenvalue weighted by molar-refractivity contribution is -0.161. The van der Waals surface area contributed by atoms with Crippen LogP contribution in [-0.4, -0.2) is 19.0 Å². The lowest BCUT2D eigenvalue weighted by atomic mass is 9.45. The minimum Gasteiger partial charge on any atom is -0.381 e. The Bertz CT molecular complexity index is 782. The highest BCUT2D eigenvalue weighted by Gasteiger charge is 2.77. The van der Waals surface area contributed by atoms with Gasteiger partial charge in [-0.1, -0.05) is 40.2 Å². The van der Waals surface area contributed by atoms with Crippen LogP contribution in [0.15, 0.2) is 11.6 Å². The summed E-state index contributed by atoms with van der Waals surface area (Å²) in [6, 6.07) is 0. The molecule has 1 spiro atoms. The van der Waals surface area contributed by atoms with Crippen LogP contribution in [0.4, 0.5) is 0 Å². The number of carbonyl (C=O) groups excluding carboxylic acids is 1. The highest BCUT2D eigenvalue weighted by molar-refractivity contribution is 5.92. The van der Waals surface area contributed by atoms with E-state index in [0.717, 1.165) is 23.7 Å². The fraction of sp³-hybridized carbons (Fsp3) is 0.897. The molecule has 5 aliphatic carbocycles.